The van der Waals surface area contributed by atoms with Crippen molar-refractivity contribution in [2.45, 2.75) is 12.5 Å². The van der Waals surface area contributed by atoms with Crippen LogP contribution in [0, 0.1) is 11.3 Å². The summed E-state index contributed by atoms with van der Waals surface area (Å²) in [6.45, 7) is 1.16. The average molecular weight is 383 g/mol. The van der Waals surface area contributed by atoms with Crippen molar-refractivity contribution in [3.8, 4) is 6.07 Å². The Kier molecular flexibility index (Phi) is 4.84. The van der Waals surface area contributed by atoms with Gasteiger partial charge in [0, 0.05) is 10.7 Å². The maximum Gasteiger partial charge on any atom is 0.325 e. The van der Waals surface area contributed by atoms with E-state index in [1.807, 2.05) is 6.07 Å². The molecule has 2 N–H and O–H groups in total. The van der Waals surface area contributed by atoms with Crippen molar-refractivity contribution in [1.29, 1.82) is 5.26 Å². The number of hydrogen-bond donors (Lipinski definition) is 2. The minimum atomic E-state index is -1.27. The first-order chi connectivity index (χ1) is 12.8. The summed E-state index contributed by atoms with van der Waals surface area (Å²) >= 11 is 5.87. The Bertz CT molecular complexity index is 950. The molecule has 0 bridgehead atoms. The summed E-state index contributed by atoms with van der Waals surface area (Å²) < 4.78 is 0. The Balaban J connectivity index is 1.72. The van der Waals surface area contributed by atoms with Crippen LogP contribution in [0.3, 0.4) is 0 Å². The minimum absolute atomic E-state index is 0.423. The smallest absolute Gasteiger partial charge is 0.325 e. The van der Waals surface area contributed by atoms with E-state index in [0.29, 0.717) is 21.8 Å². The zero-order valence-electron chi connectivity index (χ0n) is 14.3. The van der Waals surface area contributed by atoms with Crippen LogP contribution in [0.4, 0.5) is 10.5 Å². The molecule has 1 aliphatic heterocycles. The lowest BCUT2D eigenvalue weighted by atomic mass is 9.92. The zero-order chi connectivity index (χ0) is 19.6. The van der Waals surface area contributed by atoms with E-state index < -0.39 is 29.9 Å². The molecule has 1 heterocycles. The van der Waals surface area contributed by atoms with Gasteiger partial charge in [0.1, 0.15) is 12.1 Å². The molecule has 1 aliphatic rings. The largest absolute Gasteiger partial charge is 0.325 e. The molecule has 2 aromatic rings. The number of nitriles is 1. The molecule has 0 saturated carbocycles. The van der Waals surface area contributed by atoms with E-state index in [4.69, 9.17) is 16.9 Å². The lowest BCUT2D eigenvalue weighted by Crippen LogP contribution is -2.42. The van der Waals surface area contributed by atoms with E-state index in [1.165, 1.54) is 0 Å². The van der Waals surface area contributed by atoms with Crippen LogP contribution in [0.1, 0.15) is 18.1 Å². The van der Waals surface area contributed by atoms with E-state index >= 15 is 0 Å². The molecule has 0 aliphatic carbocycles. The highest BCUT2D eigenvalue weighted by atomic mass is 35.5. The monoisotopic (exact) mass is 382 g/mol. The van der Waals surface area contributed by atoms with Crippen LogP contribution < -0.4 is 10.6 Å². The number of nitrogens with zero attached hydrogens (tertiary/aromatic N) is 2. The Morgan fingerprint density at radius 1 is 1.19 bits per heavy atom. The predicted octanol–water partition coefficient (Wildman–Crippen LogP) is 2.62. The van der Waals surface area contributed by atoms with Gasteiger partial charge in [-0.05, 0) is 48.9 Å². The molecule has 1 saturated heterocycles. The van der Waals surface area contributed by atoms with Gasteiger partial charge in [0.2, 0.25) is 5.91 Å². The number of hydrogen-bond acceptors (Lipinski definition) is 4. The van der Waals surface area contributed by atoms with Gasteiger partial charge in [0.25, 0.3) is 5.91 Å². The lowest BCUT2D eigenvalue weighted by Gasteiger charge is -2.22. The van der Waals surface area contributed by atoms with Crippen molar-refractivity contribution in [3.63, 3.8) is 0 Å². The van der Waals surface area contributed by atoms with Crippen molar-refractivity contribution in [2.24, 2.45) is 0 Å². The summed E-state index contributed by atoms with van der Waals surface area (Å²) in [4.78, 5) is 38.2. The zero-order valence-corrected chi connectivity index (χ0v) is 15.1. The summed E-state index contributed by atoms with van der Waals surface area (Å²) in [7, 11) is 0. The molecular weight excluding hydrogens is 368 g/mol. The first-order valence-corrected chi connectivity index (χ1v) is 8.41. The minimum Gasteiger partial charge on any atom is -0.325 e. The summed E-state index contributed by atoms with van der Waals surface area (Å²) in [5.74, 6) is -1.05. The highest BCUT2D eigenvalue weighted by Gasteiger charge is 2.49. The number of imide groups is 1. The van der Waals surface area contributed by atoms with Crippen molar-refractivity contribution < 1.29 is 14.4 Å². The fourth-order valence-corrected chi connectivity index (χ4v) is 2.92. The van der Waals surface area contributed by atoms with Gasteiger partial charge < -0.3 is 10.6 Å². The molecule has 136 valence electrons. The molecule has 7 nitrogen and oxygen atoms in total. The van der Waals surface area contributed by atoms with Gasteiger partial charge in [-0.2, -0.15) is 5.26 Å². The van der Waals surface area contributed by atoms with Crippen LogP contribution in [0.15, 0.2) is 48.5 Å². The maximum absolute atomic E-state index is 12.8. The Morgan fingerprint density at radius 2 is 1.81 bits per heavy atom. The van der Waals surface area contributed by atoms with Crippen molar-refractivity contribution in [1.82, 2.24) is 10.2 Å². The Hall–Kier alpha value is -3.37. The lowest BCUT2D eigenvalue weighted by molar-refractivity contribution is -0.133. The molecule has 3 rings (SSSR count). The molecule has 0 aromatic heterocycles. The molecule has 2 aromatic carbocycles. The maximum atomic E-state index is 12.8. The fourth-order valence-electron chi connectivity index (χ4n) is 2.79. The van der Waals surface area contributed by atoms with E-state index in [2.05, 4.69) is 10.6 Å². The van der Waals surface area contributed by atoms with Gasteiger partial charge in [-0.25, -0.2) is 4.79 Å². The second kappa shape index (κ2) is 7.09. The number of halogens is 1. The number of urea groups is 1. The van der Waals surface area contributed by atoms with E-state index in [0.717, 1.165) is 4.90 Å². The second-order valence-electron chi connectivity index (χ2n) is 6.19. The van der Waals surface area contributed by atoms with Crippen LogP contribution in [0.2, 0.25) is 5.02 Å². The summed E-state index contributed by atoms with van der Waals surface area (Å²) in [5, 5.41) is 14.5. The molecule has 1 atom stereocenters. The van der Waals surface area contributed by atoms with Gasteiger partial charge in [0.15, 0.2) is 0 Å². The van der Waals surface area contributed by atoms with Crippen LogP contribution in [0.5, 0.6) is 0 Å². The highest BCUT2D eigenvalue weighted by molar-refractivity contribution is 6.30. The number of carbonyl (C=O) groups is 3. The third-order valence-electron chi connectivity index (χ3n) is 4.30. The first-order valence-electron chi connectivity index (χ1n) is 8.03. The third-order valence-corrected chi connectivity index (χ3v) is 4.55. The van der Waals surface area contributed by atoms with E-state index in [-0.39, 0.29) is 0 Å². The molecular formula is C19H15ClN4O3. The Labute approximate surface area is 160 Å². The summed E-state index contributed by atoms with van der Waals surface area (Å²) in [5.41, 5.74) is 0.226. The average Bonchev–Trinajstić information content (AvgIpc) is 2.87. The fraction of sp³-hybridized carbons (Fsp3) is 0.158. The number of anilines is 1. The van der Waals surface area contributed by atoms with Crippen molar-refractivity contribution in [2.75, 3.05) is 11.9 Å². The van der Waals surface area contributed by atoms with E-state index in [1.54, 1.807) is 55.5 Å². The molecule has 27 heavy (non-hydrogen) atoms. The van der Waals surface area contributed by atoms with Gasteiger partial charge in [-0.1, -0.05) is 23.7 Å². The van der Waals surface area contributed by atoms with Crippen LogP contribution in [0.25, 0.3) is 0 Å². The van der Waals surface area contributed by atoms with Crippen LogP contribution in [-0.4, -0.2) is 29.3 Å². The van der Waals surface area contributed by atoms with Gasteiger partial charge >= 0.3 is 6.03 Å². The summed E-state index contributed by atoms with van der Waals surface area (Å²) in [6.07, 6.45) is 0. The molecule has 4 amide bonds. The number of carbonyl (C=O) groups excluding carboxylic acids is 3. The van der Waals surface area contributed by atoms with Crippen molar-refractivity contribution in [3.05, 3.63) is 64.7 Å². The van der Waals surface area contributed by atoms with Gasteiger partial charge in [-0.15, -0.1) is 0 Å². The van der Waals surface area contributed by atoms with E-state index in [9.17, 15) is 14.4 Å². The van der Waals surface area contributed by atoms with Crippen LogP contribution >= 0.6 is 11.6 Å². The number of nitrogens with one attached hydrogen (secondary N) is 2. The van der Waals surface area contributed by atoms with Gasteiger partial charge in [-0.3, -0.25) is 14.5 Å². The SMILES string of the molecule is C[C@@]1(c2ccc(Cl)cc2)NC(=O)N(CC(=O)Nc2ccc(C#N)cc2)C1=O. The van der Waals surface area contributed by atoms with Crippen LogP contribution in [-0.2, 0) is 15.1 Å². The third kappa shape index (κ3) is 3.61. The first kappa shape index (κ1) is 18.4. The van der Waals surface area contributed by atoms with Gasteiger partial charge in [0.05, 0.1) is 11.6 Å². The summed E-state index contributed by atoms with van der Waals surface area (Å²) in [6, 6.07) is 14.1. The molecule has 0 unspecified atom stereocenters. The predicted molar refractivity (Wildman–Crippen MR) is 98.8 cm³/mol. The quantitative estimate of drug-likeness (QED) is 0.793. The number of rotatable bonds is 4. The topological polar surface area (TPSA) is 102 Å². The standard InChI is InChI=1S/C19H15ClN4O3/c1-19(13-4-6-14(20)7-5-13)17(26)24(18(27)23-19)11-16(25)22-15-8-2-12(10-21)3-9-15/h2-9H,11H2,1H3,(H,22,25)(H,23,27)/t19-/m0/s1. The molecule has 0 radical (unpaired) electrons. The molecule has 0 spiro atoms. The van der Waals surface area contributed by atoms with Crippen molar-refractivity contribution >= 4 is 35.1 Å². The number of amides is 4. The second-order valence-corrected chi connectivity index (χ2v) is 6.63. The normalized spacial score (nSPS) is 18.8. The molecule has 8 heteroatoms. The molecule has 1 fully saturated rings. The Morgan fingerprint density at radius 3 is 2.41 bits per heavy atom. The number of benzene rings is 2. The highest BCUT2D eigenvalue weighted by Crippen LogP contribution is 2.29.